The summed E-state index contributed by atoms with van der Waals surface area (Å²) in [7, 11) is 4.04. The highest BCUT2D eigenvalue weighted by Gasteiger charge is 2.09. The van der Waals surface area contributed by atoms with Crippen LogP contribution in [0.3, 0.4) is 0 Å². The van der Waals surface area contributed by atoms with Gasteiger partial charge in [-0.15, -0.1) is 12.4 Å². The van der Waals surface area contributed by atoms with Gasteiger partial charge in [0.2, 0.25) is 0 Å². The molecule has 0 spiro atoms. The van der Waals surface area contributed by atoms with Crippen molar-refractivity contribution in [3.8, 4) is 0 Å². The summed E-state index contributed by atoms with van der Waals surface area (Å²) in [4.78, 5) is 2.10. The van der Waals surface area contributed by atoms with Crippen LogP contribution in [0.2, 0.25) is 10.0 Å². The van der Waals surface area contributed by atoms with Gasteiger partial charge < -0.3 is 10.0 Å². The number of halogens is 3. The molecule has 1 aromatic rings. The Morgan fingerprint density at radius 3 is 2.41 bits per heavy atom. The monoisotopic (exact) mass is 297 g/mol. The Bertz CT molecular complexity index is 345. The molecule has 5 heteroatoms. The molecule has 0 amide bonds. The summed E-state index contributed by atoms with van der Waals surface area (Å²) in [5.41, 5.74) is 0.827. The summed E-state index contributed by atoms with van der Waals surface area (Å²) in [6.45, 7) is 0.971. The number of nitrogens with zero attached hydrogens (tertiary/aromatic N) is 1. The molecule has 1 N–H and O–H groups in total. The Morgan fingerprint density at radius 1 is 1.24 bits per heavy atom. The van der Waals surface area contributed by atoms with E-state index in [4.69, 9.17) is 23.2 Å². The van der Waals surface area contributed by atoms with Crippen molar-refractivity contribution >= 4 is 35.6 Å². The summed E-state index contributed by atoms with van der Waals surface area (Å²) >= 11 is 11.7. The van der Waals surface area contributed by atoms with Gasteiger partial charge in [0.15, 0.2) is 0 Å². The van der Waals surface area contributed by atoms with E-state index < -0.39 is 6.10 Å². The zero-order valence-corrected chi connectivity index (χ0v) is 12.3. The lowest BCUT2D eigenvalue weighted by atomic mass is 10.1. The third-order valence-electron chi connectivity index (χ3n) is 2.41. The van der Waals surface area contributed by atoms with Crippen LogP contribution >= 0.6 is 35.6 Å². The zero-order chi connectivity index (χ0) is 12.1. The first kappa shape index (κ1) is 17.0. The minimum absolute atomic E-state index is 0. The van der Waals surface area contributed by atoms with E-state index in [1.807, 2.05) is 20.2 Å². The van der Waals surface area contributed by atoms with Gasteiger partial charge in [0.25, 0.3) is 0 Å². The zero-order valence-electron chi connectivity index (χ0n) is 9.99. The van der Waals surface area contributed by atoms with Gasteiger partial charge in [-0.25, -0.2) is 0 Å². The van der Waals surface area contributed by atoms with Crippen molar-refractivity contribution in [3.63, 3.8) is 0 Å². The van der Waals surface area contributed by atoms with Gasteiger partial charge in [-0.2, -0.15) is 0 Å². The van der Waals surface area contributed by atoms with Crippen LogP contribution in [0.4, 0.5) is 0 Å². The van der Waals surface area contributed by atoms with E-state index in [1.54, 1.807) is 12.1 Å². The topological polar surface area (TPSA) is 23.5 Å². The van der Waals surface area contributed by atoms with E-state index in [2.05, 4.69) is 4.90 Å². The van der Waals surface area contributed by atoms with Crippen LogP contribution in [0.15, 0.2) is 18.2 Å². The van der Waals surface area contributed by atoms with E-state index in [1.165, 1.54) is 0 Å². The van der Waals surface area contributed by atoms with Crippen molar-refractivity contribution < 1.29 is 5.11 Å². The molecule has 0 saturated heterocycles. The van der Waals surface area contributed by atoms with Crippen molar-refractivity contribution in [2.24, 2.45) is 0 Å². The first-order valence-corrected chi connectivity index (χ1v) is 6.04. The SMILES string of the molecule is CN(C)CCCC(O)c1ccc(Cl)c(Cl)c1.Cl. The van der Waals surface area contributed by atoms with Crippen molar-refractivity contribution in [1.82, 2.24) is 4.90 Å². The highest BCUT2D eigenvalue weighted by molar-refractivity contribution is 6.42. The molecule has 98 valence electrons. The molecule has 0 aliphatic heterocycles. The van der Waals surface area contributed by atoms with Crippen LogP contribution in [0.5, 0.6) is 0 Å². The fourth-order valence-electron chi connectivity index (χ4n) is 1.49. The summed E-state index contributed by atoms with van der Waals surface area (Å²) < 4.78 is 0. The molecule has 0 heterocycles. The molecule has 2 nitrogen and oxygen atoms in total. The maximum atomic E-state index is 9.93. The highest BCUT2D eigenvalue weighted by Crippen LogP contribution is 2.27. The lowest BCUT2D eigenvalue weighted by molar-refractivity contribution is 0.160. The highest BCUT2D eigenvalue weighted by atomic mass is 35.5. The number of rotatable bonds is 5. The molecule has 0 aliphatic carbocycles. The first-order chi connectivity index (χ1) is 7.50. The number of aliphatic hydroxyl groups is 1. The fourth-order valence-corrected chi connectivity index (χ4v) is 1.79. The molecule has 0 saturated carbocycles. The Labute approximate surface area is 119 Å². The third kappa shape index (κ3) is 5.94. The smallest absolute Gasteiger partial charge is 0.0791 e. The maximum Gasteiger partial charge on any atom is 0.0791 e. The van der Waals surface area contributed by atoms with Crippen molar-refractivity contribution in [2.75, 3.05) is 20.6 Å². The Balaban J connectivity index is 0.00000256. The second kappa shape index (κ2) is 8.17. The van der Waals surface area contributed by atoms with Crippen LogP contribution in [-0.4, -0.2) is 30.6 Å². The minimum atomic E-state index is -0.463. The molecule has 0 aliphatic rings. The molecule has 1 unspecified atom stereocenters. The second-order valence-electron chi connectivity index (χ2n) is 4.13. The van der Waals surface area contributed by atoms with Crippen LogP contribution in [0, 0.1) is 0 Å². The standard InChI is InChI=1S/C12H17Cl2NO.ClH/c1-15(2)7-3-4-12(16)9-5-6-10(13)11(14)8-9;/h5-6,8,12,16H,3-4,7H2,1-2H3;1H. The van der Waals surface area contributed by atoms with Crippen molar-refractivity contribution in [3.05, 3.63) is 33.8 Å². The molecular weight excluding hydrogens is 280 g/mol. The summed E-state index contributed by atoms with van der Waals surface area (Å²) in [6, 6.07) is 5.26. The molecular formula is C12H18Cl3NO. The van der Waals surface area contributed by atoms with Gasteiger partial charge in [-0.1, -0.05) is 29.3 Å². The van der Waals surface area contributed by atoms with E-state index in [-0.39, 0.29) is 12.4 Å². The summed E-state index contributed by atoms with van der Waals surface area (Å²) in [6.07, 6.45) is 1.22. The number of aliphatic hydroxyl groups excluding tert-OH is 1. The van der Waals surface area contributed by atoms with E-state index in [0.29, 0.717) is 10.0 Å². The van der Waals surface area contributed by atoms with Crippen molar-refractivity contribution in [2.45, 2.75) is 18.9 Å². The quantitative estimate of drug-likeness (QED) is 0.894. The van der Waals surface area contributed by atoms with Gasteiger partial charge >= 0.3 is 0 Å². The second-order valence-corrected chi connectivity index (χ2v) is 4.95. The maximum absolute atomic E-state index is 9.93. The predicted octanol–water partition coefficient (Wildman–Crippen LogP) is 3.79. The number of benzene rings is 1. The van der Waals surface area contributed by atoms with Gasteiger partial charge in [-0.05, 0) is 51.2 Å². The van der Waals surface area contributed by atoms with E-state index in [9.17, 15) is 5.11 Å². The van der Waals surface area contributed by atoms with Crippen LogP contribution in [-0.2, 0) is 0 Å². The largest absolute Gasteiger partial charge is 0.388 e. The predicted molar refractivity (Wildman–Crippen MR) is 76.5 cm³/mol. The van der Waals surface area contributed by atoms with Crippen molar-refractivity contribution in [1.29, 1.82) is 0 Å². The molecule has 1 aromatic carbocycles. The molecule has 1 rings (SSSR count). The summed E-state index contributed by atoms with van der Waals surface area (Å²) in [5.74, 6) is 0. The van der Waals surface area contributed by atoms with Gasteiger partial charge in [0, 0.05) is 0 Å². The Hall–Kier alpha value is 0.01000. The molecule has 0 radical (unpaired) electrons. The molecule has 17 heavy (non-hydrogen) atoms. The van der Waals surface area contributed by atoms with Crippen LogP contribution < -0.4 is 0 Å². The molecule has 0 aromatic heterocycles. The first-order valence-electron chi connectivity index (χ1n) is 5.28. The molecule has 0 bridgehead atoms. The van der Waals surface area contributed by atoms with E-state index >= 15 is 0 Å². The Morgan fingerprint density at radius 2 is 1.88 bits per heavy atom. The average molecular weight is 299 g/mol. The Kier molecular flexibility index (Phi) is 8.18. The average Bonchev–Trinajstić information content (AvgIpc) is 2.21. The van der Waals surface area contributed by atoms with Gasteiger partial charge in [0.1, 0.15) is 0 Å². The van der Waals surface area contributed by atoms with Gasteiger partial charge in [-0.3, -0.25) is 0 Å². The van der Waals surface area contributed by atoms with Crippen LogP contribution in [0.1, 0.15) is 24.5 Å². The minimum Gasteiger partial charge on any atom is -0.388 e. The number of hydrogen-bond donors (Lipinski definition) is 1. The molecule has 0 fully saturated rings. The summed E-state index contributed by atoms with van der Waals surface area (Å²) in [5, 5.41) is 10.9. The number of hydrogen-bond acceptors (Lipinski definition) is 2. The van der Waals surface area contributed by atoms with Gasteiger partial charge in [0.05, 0.1) is 16.1 Å². The fraction of sp³-hybridized carbons (Fsp3) is 0.500. The third-order valence-corrected chi connectivity index (χ3v) is 3.15. The van der Waals surface area contributed by atoms with E-state index in [0.717, 1.165) is 24.9 Å². The molecule has 1 atom stereocenters. The lowest BCUT2D eigenvalue weighted by Gasteiger charge is -2.14. The lowest BCUT2D eigenvalue weighted by Crippen LogP contribution is -2.13. The normalized spacial score (nSPS) is 12.4. The van der Waals surface area contributed by atoms with Crippen LogP contribution in [0.25, 0.3) is 0 Å².